The van der Waals surface area contributed by atoms with Crippen LogP contribution in [-0.2, 0) is 11.0 Å². The van der Waals surface area contributed by atoms with Crippen LogP contribution in [0.5, 0.6) is 0 Å². The standard InChI is InChI=1S/C19H19F3N6O/c20-19(21,22)14-4-1-2-5-15(14)24-17(29)12-26-8-10-27(11-9-26)18-7-3-6-16-25-23-13-28(16)18/h1-7,13H,8-12H2,(H,24,29). The summed E-state index contributed by atoms with van der Waals surface area (Å²) in [6, 6.07) is 10.8. The second-order valence-corrected chi connectivity index (χ2v) is 6.80. The lowest BCUT2D eigenvalue weighted by Gasteiger charge is -2.35. The van der Waals surface area contributed by atoms with E-state index in [9.17, 15) is 18.0 Å². The minimum atomic E-state index is -4.52. The number of nitrogens with zero attached hydrogens (tertiary/aromatic N) is 5. The van der Waals surface area contributed by atoms with Crippen LogP contribution in [0.15, 0.2) is 48.8 Å². The number of amides is 1. The van der Waals surface area contributed by atoms with Crippen molar-refractivity contribution in [3.05, 3.63) is 54.4 Å². The molecule has 3 heterocycles. The normalized spacial score (nSPS) is 15.6. The number of piperazine rings is 1. The number of fused-ring (bicyclic) bond motifs is 1. The van der Waals surface area contributed by atoms with Gasteiger partial charge in [-0.05, 0) is 24.3 Å². The van der Waals surface area contributed by atoms with Crippen molar-refractivity contribution in [2.45, 2.75) is 6.18 Å². The maximum absolute atomic E-state index is 13.1. The van der Waals surface area contributed by atoms with Crippen molar-refractivity contribution in [2.75, 3.05) is 42.9 Å². The summed E-state index contributed by atoms with van der Waals surface area (Å²) in [5.74, 6) is 0.506. The first kappa shape index (κ1) is 19.2. The predicted octanol–water partition coefficient (Wildman–Crippen LogP) is 2.51. The fourth-order valence-electron chi connectivity index (χ4n) is 3.46. The first-order valence-electron chi connectivity index (χ1n) is 9.14. The first-order valence-corrected chi connectivity index (χ1v) is 9.14. The van der Waals surface area contributed by atoms with E-state index < -0.39 is 17.6 Å². The molecular formula is C19H19F3N6O. The Labute approximate surface area is 164 Å². The third kappa shape index (κ3) is 4.16. The van der Waals surface area contributed by atoms with E-state index in [1.165, 1.54) is 18.2 Å². The Morgan fingerprint density at radius 3 is 2.55 bits per heavy atom. The smallest absolute Gasteiger partial charge is 0.355 e. The Kier molecular flexibility index (Phi) is 5.10. The van der Waals surface area contributed by atoms with E-state index >= 15 is 0 Å². The van der Waals surface area contributed by atoms with Crippen molar-refractivity contribution >= 4 is 23.1 Å². The van der Waals surface area contributed by atoms with Crippen LogP contribution in [0.4, 0.5) is 24.7 Å². The average molecular weight is 404 g/mol. The molecule has 1 fully saturated rings. The Bertz CT molecular complexity index is 1010. The van der Waals surface area contributed by atoms with Crippen LogP contribution in [0.2, 0.25) is 0 Å². The molecule has 1 aromatic carbocycles. The monoisotopic (exact) mass is 404 g/mol. The zero-order valence-electron chi connectivity index (χ0n) is 15.4. The van der Waals surface area contributed by atoms with Crippen molar-refractivity contribution in [1.29, 1.82) is 0 Å². The molecule has 0 radical (unpaired) electrons. The molecule has 0 atom stereocenters. The highest BCUT2D eigenvalue weighted by Crippen LogP contribution is 2.34. The minimum Gasteiger partial charge on any atom is -0.355 e. The van der Waals surface area contributed by atoms with Gasteiger partial charge in [0, 0.05) is 26.2 Å². The van der Waals surface area contributed by atoms with E-state index in [1.54, 1.807) is 6.33 Å². The number of carbonyl (C=O) groups is 1. The quantitative estimate of drug-likeness (QED) is 0.724. The molecule has 0 bridgehead atoms. The molecule has 3 aromatic rings. The lowest BCUT2D eigenvalue weighted by Crippen LogP contribution is -2.49. The predicted molar refractivity (Wildman–Crippen MR) is 102 cm³/mol. The maximum atomic E-state index is 13.1. The van der Waals surface area contributed by atoms with Gasteiger partial charge in [-0.3, -0.25) is 14.1 Å². The molecule has 10 heteroatoms. The average Bonchev–Trinajstić information content (AvgIpc) is 3.17. The van der Waals surface area contributed by atoms with E-state index in [0.717, 1.165) is 17.5 Å². The molecule has 1 amide bonds. The van der Waals surface area contributed by atoms with Crippen LogP contribution in [0.25, 0.3) is 5.65 Å². The third-order valence-electron chi connectivity index (χ3n) is 4.88. The van der Waals surface area contributed by atoms with Crippen molar-refractivity contribution in [1.82, 2.24) is 19.5 Å². The summed E-state index contributed by atoms with van der Waals surface area (Å²) in [6.07, 6.45) is -2.86. The number of hydrogen-bond acceptors (Lipinski definition) is 5. The molecule has 0 unspecified atom stereocenters. The zero-order chi connectivity index (χ0) is 20.4. The number of pyridine rings is 1. The maximum Gasteiger partial charge on any atom is 0.418 e. The molecule has 1 N–H and O–H groups in total. The van der Waals surface area contributed by atoms with Crippen LogP contribution < -0.4 is 10.2 Å². The van der Waals surface area contributed by atoms with Crippen molar-refractivity contribution in [3.8, 4) is 0 Å². The van der Waals surface area contributed by atoms with Crippen molar-refractivity contribution < 1.29 is 18.0 Å². The molecule has 0 spiro atoms. The Morgan fingerprint density at radius 1 is 1.03 bits per heavy atom. The highest BCUT2D eigenvalue weighted by Gasteiger charge is 2.33. The summed E-state index contributed by atoms with van der Waals surface area (Å²) < 4.78 is 41.1. The molecule has 0 saturated carbocycles. The topological polar surface area (TPSA) is 65.8 Å². The number of hydrogen-bond donors (Lipinski definition) is 1. The number of alkyl halides is 3. The van der Waals surface area contributed by atoms with Crippen molar-refractivity contribution in [2.24, 2.45) is 0 Å². The zero-order valence-corrected chi connectivity index (χ0v) is 15.4. The van der Waals surface area contributed by atoms with Crippen LogP contribution in [0.1, 0.15) is 5.56 Å². The van der Waals surface area contributed by atoms with Gasteiger partial charge in [0.2, 0.25) is 5.91 Å². The third-order valence-corrected chi connectivity index (χ3v) is 4.88. The number of halogens is 3. The van der Waals surface area contributed by atoms with Gasteiger partial charge >= 0.3 is 6.18 Å². The van der Waals surface area contributed by atoms with Gasteiger partial charge in [0.05, 0.1) is 17.8 Å². The van der Waals surface area contributed by atoms with Gasteiger partial charge in [-0.2, -0.15) is 13.2 Å². The van der Waals surface area contributed by atoms with Gasteiger partial charge in [-0.25, -0.2) is 0 Å². The molecule has 1 aliphatic heterocycles. The highest BCUT2D eigenvalue weighted by molar-refractivity contribution is 5.93. The number of benzene rings is 1. The molecular weight excluding hydrogens is 385 g/mol. The number of carbonyl (C=O) groups excluding carboxylic acids is 1. The summed E-state index contributed by atoms with van der Waals surface area (Å²) in [6.45, 7) is 2.64. The molecule has 29 heavy (non-hydrogen) atoms. The molecule has 1 aliphatic rings. The largest absolute Gasteiger partial charge is 0.418 e. The number of rotatable bonds is 4. The van der Waals surface area contributed by atoms with E-state index in [1.807, 2.05) is 27.5 Å². The van der Waals surface area contributed by atoms with Gasteiger partial charge in [0.15, 0.2) is 5.65 Å². The summed E-state index contributed by atoms with van der Waals surface area (Å²) in [5, 5.41) is 10.3. The fourth-order valence-corrected chi connectivity index (χ4v) is 3.46. The Morgan fingerprint density at radius 2 is 1.79 bits per heavy atom. The van der Waals surface area contributed by atoms with Crippen LogP contribution >= 0.6 is 0 Å². The number of aromatic nitrogens is 3. The van der Waals surface area contributed by atoms with Crippen LogP contribution in [0.3, 0.4) is 0 Å². The van der Waals surface area contributed by atoms with Gasteiger partial charge < -0.3 is 10.2 Å². The van der Waals surface area contributed by atoms with Gasteiger partial charge in [-0.1, -0.05) is 18.2 Å². The molecule has 2 aromatic heterocycles. The summed E-state index contributed by atoms with van der Waals surface area (Å²) >= 11 is 0. The Hall–Kier alpha value is -3.14. The lowest BCUT2D eigenvalue weighted by atomic mass is 10.1. The Balaban J connectivity index is 1.36. The SMILES string of the molecule is O=C(CN1CCN(c2cccc3nncn23)CC1)Nc1ccccc1C(F)(F)F. The van der Waals surface area contributed by atoms with Crippen LogP contribution in [0, 0.1) is 0 Å². The van der Waals surface area contributed by atoms with E-state index in [-0.39, 0.29) is 12.2 Å². The number of para-hydroxylation sites is 1. The molecule has 4 rings (SSSR count). The van der Waals surface area contributed by atoms with Crippen LogP contribution in [-0.4, -0.2) is 58.1 Å². The second kappa shape index (κ2) is 7.70. The highest BCUT2D eigenvalue weighted by atomic mass is 19.4. The van der Waals surface area contributed by atoms with Gasteiger partial charge in [-0.15, -0.1) is 10.2 Å². The lowest BCUT2D eigenvalue weighted by molar-refractivity contribution is -0.137. The van der Waals surface area contributed by atoms with Gasteiger partial charge in [0.25, 0.3) is 0 Å². The minimum absolute atomic E-state index is 0.0386. The fraction of sp³-hybridized carbons (Fsp3) is 0.316. The summed E-state index contributed by atoms with van der Waals surface area (Å²) in [5.41, 5.74) is -0.309. The molecule has 0 aliphatic carbocycles. The van der Waals surface area contributed by atoms with Crippen molar-refractivity contribution in [3.63, 3.8) is 0 Å². The van der Waals surface area contributed by atoms with Gasteiger partial charge in [0.1, 0.15) is 12.1 Å². The first-order chi connectivity index (χ1) is 13.9. The molecule has 1 saturated heterocycles. The number of anilines is 2. The second-order valence-electron chi connectivity index (χ2n) is 6.80. The number of nitrogens with one attached hydrogen (secondary N) is 1. The summed E-state index contributed by atoms with van der Waals surface area (Å²) in [4.78, 5) is 16.4. The van der Waals surface area contributed by atoms with E-state index in [2.05, 4.69) is 20.4 Å². The van der Waals surface area contributed by atoms with E-state index in [0.29, 0.717) is 26.2 Å². The summed E-state index contributed by atoms with van der Waals surface area (Å²) in [7, 11) is 0. The molecule has 152 valence electrons. The molecule has 7 nitrogen and oxygen atoms in total. The van der Waals surface area contributed by atoms with E-state index in [4.69, 9.17) is 0 Å².